The molecule has 0 saturated heterocycles. The summed E-state index contributed by atoms with van der Waals surface area (Å²) in [4.78, 5) is 2.39. The average molecular weight is 1300 g/mol. The van der Waals surface area contributed by atoms with Crippen LogP contribution in [-0.4, -0.2) is 13.2 Å². The minimum absolute atomic E-state index is 0.114. The third-order valence-electron chi connectivity index (χ3n) is 23.0. The number of fused-ring (bicyclic) bond motifs is 22. The lowest BCUT2D eigenvalue weighted by molar-refractivity contribution is 0.592. The molecule has 0 fully saturated rings. The van der Waals surface area contributed by atoms with Crippen molar-refractivity contribution in [2.75, 3.05) is 4.90 Å². The number of hydrogen-bond acceptors (Lipinski definition) is 1. The molecule has 0 unspecified atom stereocenters. The van der Waals surface area contributed by atoms with Crippen molar-refractivity contribution < 1.29 is 0 Å². The number of hydrogen-bond donors (Lipinski definition) is 0. The molecule has 0 aliphatic rings. The summed E-state index contributed by atoms with van der Waals surface area (Å²) in [6, 6.07) is 122. The molecule has 102 heavy (non-hydrogen) atoms. The maximum atomic E-state index is 2.58. The third kappa shape index (κ3) is 7.59. The molecule has 6 heterocycles. The highest BCUT2D eigenvalue weighted by atomic mass is 15.1. The first-order valence-electron chi connectivity index (χ1n) is 35.7. The molecular formula is C98H62N4. The smallest absolute Gasteiger partial charge is 0.0626 e. The van der Waals surface area contributed by atoms with Gasteiger partial charge < -0.3 is 18.1 Å². The van der Waals surface area contributed by atoms with E-state index in [1.807, 2.05) is 0 Å². The van der Waals surface area contributed by atoms with E-state index in [4.69, 9.17) is 0 Å². The SMILES string of the molecule is CC(C)(C)c1cc2c3cc(-c4ccc5c6ccccc6n6c7ccc(N(c8ccccc8)c8ccccc8)cc7c4c56)ccc3n3c4cc5cccc(-c6ccc7c(c6)c6cc(-c8c9ccccc9c(-c9ccccc9)c9ccccc89)cc8c9cc%10ccccc%10cc9n7c68)c5cc4c(c1)c23. The Hall–Kier alpha value is -13.0. The van der Waals surface area contributed by atoms with Crippen LogP contribution in [0.2, 0.25) is 0 Å². The van der Waals surface area contributed by atoms with E-state index < -0.39 is 0 Å². The van der Waals surface area contributed by atoms with Gasteiger partial charge in [-0.05, 0) is 220 Å². The molecule has 474 valence electrons. The maximum Gasteiger partial charge on any atom is 0.0626 e. The molecule has 4 heteroatoms. The van der Waals surface area contributed by atoms with E-state index in [1.54, 1.807) is 0 Å². The van der Waals surface area contributed by atoms with Gasteiger partial charge in [-0.3, -0.25) is 0 Å². The van der Waals surface area contributed by atoms with Crippen molar-refractivity contribution >= 4 is 174 Å². The van der Waals surface area contributed by atoms with Gasteiger partial charge in [0.15, 0.2) is 0 Å². The van der Waals surface area contributed by atoms with Gasteiger partial charge in [0.05, 0.1) is 49.7 Å². The summed E-state index contributed by atoms with van der Waals surface area (Å²) in [5.74, 6) is 0. The van der Waals surface area contributed by atoms with Gasteiger partial charge in [-0.2, -0.15) is 0 Å². The fourth-order valence-electron chi connectivity index (χ4n) is 18.6. The van der Waals surface area contributed by atoms with E-state index in [0.717, 1.165) is 17.1 Å². The molecule has 0 atom stereocenters. The predicted octanol–water partition coefficient (Wildman–Crippen LogP) is 27.2. The van der Waals surface area contributed by atoms with E-state index in [-0.39, 0.29) is 5.41 Å². The molecule has 0 spiro atoms. The van der Waals surface area contributed by atoms with Crippen LogP contribution < -0.4 is 4.90 Å². The number of rotatable bonds is 7. The Bertz CT molecular complexity index is 7420. The Balaban J connectivity index is 0.727. The van der Waals surface area contributed by atoms with Crippen LogP contribution >= 0.6 is 0 Å². The Morgan fingerprint density at radius 3 is 1.29 bits per heavy atom. The van der Waals surface area contributed by atoms with Gasteiger partial charge in [0, 0.05) is 81.7 Å². The summed E-state index contributed by atoms with van der Waals surface area (Å²) in [6.07, 6.45) is 0. The number of benzene rings is 17. The standard InChI is InChI=1S/C98H62N4/c1-98(2,3)64-53-83-78-48-62(69-41-42-75-70-31-19-20-37-86(70)100-89-45-40-67(55-85(89)94(69)97(75)100)99(65-27-9-5-10-28-65)66-29-11-6-12-30-66)39-44-88(78)102-91-52-60-26-21-36-68(76(60)56-80(91)84(54-64)96(83)102)61-38-43-87-77(47-61)81-49-63(50-82-79-46-58-24-13-14-25-59(58)51-90(79)101(87)95(81)82)93-73-34-17-15-32-71(73)92(57-22-7-4-8-23-57)72-33-16-18-35-74(72)93/h4-56H,1-3H3. The highest BCUT2D eigenvalue weighted by Crippen LogP contribution is 2.52. The molecule has 6 aromatic heterocycles. The zero-order valence-electron chi connectivity index (χ0n) is 56.4. The van der Waals surface area contributed by atoms with E-state index in [1.165, 1.54) is 207 Å². The first-order chi connectivity index (χ1) is 50.2. The molecule has 23 rings (SSSR count). The van der Waals surface area contributed by atoms with Gasteiger partial charge in [0.2, 0.25) is 0 Å². The Morgan fingerprint density at radius 1 is 0.225 bits per heavy atom. The molecule has 0 aliphatic carbocycles. The van der Waals surface area contributed by atoms with Crippen molar-refractivity contribution in [2.45, 2.75) is 26.2 Å². The van der Waals surface area contributed by atoms with Gasteiger partial charge in [-0.15, -0.1) is 0 Å². The summed E-state index contributed by atoms with van der Waals surface area (Å²) in [7, 11) is 0. The molecule has 23 aromatic rings. The second-order valence-electron chi connectivity index (χ2n) is 29.5. The fourth-order valence-corrected chi connectivity index (χ4v) is 18.6. The number of aromatic nitrogens is 3. The second-order valence-corrected chi connectivity index (χ2v) is 29.5. The first kappa shape index (κ1) is 55.9. The zero-order chi connectivity index (χ0) is 67.0. The maximum absolute atomic E-state index is 2.58. The zero-order valence-corrected chi connectivity index (χ0v) is 56.4. The van der Waals surface area contributed by atoms with E-state index in [2.05, 4.69) is 360 Å². The lowest BCUT2D eigenvalue weighted by Gasteiger charge is -2.25. The van der Waals surface area contributed by atoms with Crippen LogP contribution in [0, 0.1) is 0 Å². The van der Waals surface area contributed by atoms with Crippen LogP contribution in [0.5, 0.6) is 0 Å². The van der Waals surface area contributed by atoms with Gasteiger partial charge in [-0.25, -0.2) is 0 Å². The van der Waals surface area contributed by atoms with Crippen LogP contribution in [0.15, 0.2) is 322 Å². The molecule has 4 nitrogen and oxygen atoms in total. The topological polar surface area (TPSA) is 16.5 Å². The van der Waals surface area contributed by atoms with Gasteiger partial charge >= 0.3 is 0 Å². The molecule has 17 aromatic carbocycles. The fraction of sp³-hybridized carbons (Fsp3) is 0.0408. The normalized spacial score (nSPS) is 12.7. The van der Waals surface area contributed by atoms with Crippen molar-refractivity contribution in [1.82, 2.24) is 13.2 Å². The van der Waals surface area contributed by atoms with Gasteiger partial charge in [-0.1, -0.05) is 221 Å². The number of para-hydroxylation sites is 3. The molecule has 0 N–H and O–H groups in total. The van der Waals surface area contributed by atoms with Crippen LogP contribution in [-0.2, 0) is 5.41 Å². The summed E-state index contributed by atoms with van der Waals surface area (Å²) in [6.45, 7) is 7.09. The van der Waals surface area contributed by atoms with Crippen molar-refractivity contribution in [3.8, 4) is 44.5 Å². The number of nitrogens with zero attached hydrogens (tertiary/aromatic N) is 4. The molecule has 0 saturated carbocycles. The number of anilines is 3. The summed E-state index contributed by atoms with van der Waals surface area (Å²) in [5, 5.41) is 25.2. The van der Waals surface area contributed by atoms with E-state index in [9.17, 15) is 0 Å². The summed E-state index contributed by atoms with van der Waals surface area (Å²) in [5.41, 5.74) is 25.6. The van der Waals surface area contributed by atoms with Crippen molar-refractivity contribution in [1.29, 1.82) is 0 Å². The lowest BCUT2D eigenvalue weighted by Crippen LogP contribution is -2.10. The van der Waals surface area contributed by atoms with Crippen molar-refractivity contribution in [3.63, 3.8) is 0 Å². The minimum atomic E-state index is -0.114. The molecule has 0 bridgehead atoms. The van der Waals surface area contributed by atoms with Crippen LogP contribution in [0.3, 0.4) is 0 Å². The summed E-state index contributed by atoms with van der Waals surface area (Å²) >= 11 is 0. The lowest BCUT2D eigenvalue weighted by atomic mass is 9.85. The van der Waals surface area contributed by atoms with Crippen LogP contribution in [0.25, 0.3) is 202 Å². The molecular weight excluding hydrogens is 1230 g/mol. The van der Waals surface area contributed by atoms with E-state index in [0.29, 0.717) is 0 Å². The monoisotopic (exact) mass is 1290 g/mol. The van der Waals surface area contributed by atoms with Crippen molar-refractivity contribution in [2.24, 2.45) is 0 Å². The van der Waals surface area contributed by atoms with Crippen LogP contribution in [0.4, 0.5) is 17.1 Å². The summed E-state index contributed by atoms with van der Waals surface area (Å²) < 4.78 is 7.66. The highest BCUT2D eigenvalue weighted by molar-refractivity contribution is 6.32. The molecule has 0 amide bonds. The first-order valence-corrected chi connectivity index (χ1v) is 35.7. The van der Waals surface area contributed by atoms with Gasteiger partial charge in [0.1, 0.15) is 0 Å². The van der Waals surface area contributed by atoms with Gasteiger partial charge in [0.25, 0.3) is 0 Å². The quantitative estimate of drug-likeness (QED) is 0.145. The van der Waals surface area contributed by atoms with E-state index >= 15 is 0 Å². The average Bonchev–Trinajstić information content (AvgIpc) is 1.52. The predicted molar refractivity (Wildman–Crippen MR) is 436 cm³/mol. The second kappa shape index (κ2) is 20.3. The largest absolute Gasteiger partial charge is 0.310 e. The molecule has 0 radical (unpaired) electrons. The minimum Gasteiger partial charge on any atom is -0.310 e. The molecule has 0 aliphatic heterocycles. The highest BCUT2D eigenvalue weighted by Gasteiger charge is 2.29. The Kier molecular flexibility index (Phi) is 11.1. The Labute approximate surface area is 586 Å². The van der Waals surface area contributed by atoms with Crippen LogP contribution in [0.1, 0.15) is 26.3 Å². The van der Waals surface area contributed by atoms with Crippen molar-refractivity contribution in [3.05, 3.63) is 327 Å². The third-order valence-corrected chi connectivity index (χ3v) is 23.0. The Morgan fingerprint density at radius 2 is 0.676 bits per heavy atom.